The van der Waals surface area contributed by atoms with Crippen molar-refractivity contribution >= 4 is 27.3 Å². The van der Waals surface area contributed by atoms with Gasteiger partial charge < -0.3 is 10.1 Å². The number of benzene rings is 3. The molecule has 3 rings (SSSR count). The van der Waals surface area contributed by atoms with E-state index in [9.17, 15) is 13.2 Å². The summed E-state index contributed by atoms with van der Waals surface area (Å²) < 4.78 is 32.1. The standard InChI is InChI=1S/C21H20N2O4S/c1-23(18-8-4-2-5-9-18)28(25,26)20-14-12-17(13-15-20)22-21(24)16-27-19-10-6-3-7-11-19/h2-15H,16H2,1H3,(H,22,24). The zero-order chi connectivity index (χ0) is 20.0. The molecule has 7 heteroatoms. The lowest BCUT2D eigenvalue weighted by molar-refractivity contribution is -0.118. The topological polar surface area (TPSA) is 75.7 Å². The molecule has 0 unspecified atom stereocenters. The van der Waals surface area contributed by atoms with Gasteiger partial charge in [-0.1, -0.05) is 36.4 Å². The zero-order valence-corrected chi connectivity index (χ0v) is 16.1. The fourth-order valence-electron chi connectivity index (χ4n) is 2.51. The SMILES string of the molecule is CN(c1ccccc1)S(=O)(=O)c1ccc(NC(=O)COc2ccccc2)cc1. The lowest BCUT2D eigenvalue weighted by atomic mass is 10.3. The number of rotatable bonds is 7. The molecule has 6 nitrogen and oxygen atoms in total. The first kappa shape index (κ1) is 19.4. The van der Waals surface area contributed by atoms with Crippen LogP contribution in [0.3, 0.4) is 0 Å². The molecule has 0 aliphatic heterocycles. The third-order valence-electron chi connectivity index (χ3n) is 4.03. The van der Waals surface area contributed by atoms with Gasteiger partial charge in [-0.25, -0.2) is 8.42 Å². The second kappa shape index (κ2) is 8.58. The number of ether oxygens (including phenoxy) is 1. The van der Waals surface area contributed by atoms with Gasteiger partial charge in [0.05, 0.1) is 10.6 Å². The highest BCUT2D eigenvalue weighted by Gasteiger charge is 2.21. The Balaban J connectivity index is 1.63. The smallest absolute Gasteiger partial charge is 0.264 e. The Morgan fingerprint density at radius 1 is 0.893 bits per heavy atom. The number of nitrogens with zero attached hydrogens (tertiary/aromatic N) is 1. The summed E-state index contributed by atoms with van der Waals surface area (Å²) in [6, 6.07) is 23.8. The molecule has 3 aromatic carbocycles. The van der Waals surface area contributed by atoms with Crippen LogP contribution < -0.4 is 14.4 Å². The van der Waals surface area contributed by atoms with Crippen molar-refractivity contribution in [3.63, 3.8) is 0 Å². The Labute approximate surface area is 164 Å². The van der Waals surface area contributed by atoms with E-state index in [2.05, 4.69) is 5.32 Å². The van der Waals surface area contributed by atoms with Crippen LogP contribution in [0.4, 0.5) is 11.4 Å². The van der Waals surface area contributed by atoms with Gasteiger partial charge >= 0.3 is 0 Å². The van der Waals surface area contributed by atoms with E-state index in [1.165, 1.54) is 23.5 Å². The van der Waals surface area contributed by atoms with Crippen molar-refractivity contribution in [1.82, 2.24) is 0 Å². The van der Waals surface area contributed by atoms with Gasteiger partial charge in [0.2, 0.25) is 0 Å². The molecule has 0 fully saturated rings. The number of anilines is 2. The predicted molar refractivity (Wildman–Crippen MR) is 109 cm³/mol. The van der Waals surface area contributed by atoms with Crippen LogP contribution in [0.25, 0.3) is 0 Å². The van der Waals surface area contributed by atoms with Crippen molar-refractivity contribution in [3.8, 4) is 5.75 Å². The van der Waals surface area contributed by atoms with Crippen molar-refractivity contribution < 1.29 is 17.9 Å². The first-order valence-electron chi connectivity index (χ1n) is 8.58. The Kier molecular flexibility index (Phi) is 5.96. The van der Waals surface area contributed by atoms with Crippen LogP contribution in [0.15, 0.2) is 89.8 Å². The van der Waals surface area contributed by atoms with Crippen LogP contribution in [0.2, 0.25) is 0 Å². The summed E-state index contributed by atoms with van der Waals surface area (Å²) in [5, 5.41) is 2.68. The minimum Gasteiger partial charge on any atom is -0.484 e. The summed E-state index contributed by atoms with van der Waals surface area (Å²) in [6.45, 7) is -0.138. The lowest BCUT2D eigenvalue weighted by Gasteiger charge is -2.19. The molecule has 0 aliphatic carbocycles. The lowest BCUT2D eigenvalue weighted by Crippen LogP contribution is -2.26. The van der Waals surface area contributed by atoms with Gasteiger partial charge in [0.15, 0.2) is 6.61 Å². The fourth-order valence-corrected chi connectivity index (χ4v) is 3.70. The third kappa shape index (κ3) is 4.69. The Hall–Kier alpha value is -3.32. The number of sulfonamides is 1. The molecule has 0 saturated carbocycles. The molecule has 3 aromatic rings. The van der Waals surface area contributed by atoms with Crippen molar-refractivity contribution in [3.05, 3.63) is 84.9 Å². The third-order valence-corrected chi connectivity index (χ3v) is 5.83. The fraction of sp³-hybridized carbons (Fsp3) is 0.0952. The number of carbonyl (C=O) groups excluding carboxylic acids is 1. The van der Waals surface area contributed by atoms with Crippen LogP contribution in [-0.2, 0) is 14.8 Å². The maximum atomic E-state index is 12.7. The van der Waals surface area contributed by atoms with Gasteiger partial charge in [0, 0.05) is 12.7 Å². The van der Waals surface area contributed by atoms with Gasteiger partial charge in [-0.3, -0.25) is 9.10 Å². The highest BCUT2D eigenvalue weighted by atomic mass is 32.2. The van der Waals surface area contributed by atoms with Crippen LogP contribution in [0, 0.1) is 0 Å². The quantitative estimate of drug-likeness (QED) is 0.663. The Bertz CT molecular complexity index is 1020. The predicted octanol–water partition coefficient (Wildman–Crippen LogP) is 3.53. The Morgan fingerprint density at radius 2 is 1.46 bits per heavy atom. The minimum atomic E-state index is -3.69. The second-order valence-corrected chi connectivity index (χ2v) is 7.95. The molecular weight excluding hydrogens is 376 g/mol. The van der Waals surface area contributed by atoms with E-state index < -0.39 is 10.0 Å². The van der Waals surface area contributed by atoms with Crippen molar-refractivity contribution in [2.45, 2.75) is 4.90 Å². The average Bonchev–Trinajstić information content (AvgIpc) is 2.73. The molecule has 28 heavy (non-hydrogen) atoms. The largest absolute Gasteiger partial charge is 0.484 e. The summed E-state index contributed by atoms with van der Waals surface area (Å²) >= 11 is 0. The maximum absolute atomic E-state index is 12.7. The molecule has 1 N–H and O–H groups in total. The molecule has 0 radical (unpaired) electrons. The molecule has 0 saturated heterocycles. The maximum Gasteiger partial charge on any atom is 0.264 e. The number of hydrogen-bond acceptors (Lipinski definition) is 4. The van der Waals surface area contributed by atoms with Gasteiger partial charge in [-0.05, 0) is 48.5 Å². The molecule has 0 heterocycles. The summed E-state index contributed by atoms with van der Waals surface area (Å²) in [4.78, 5) is 12.1. The van der Waals surface area contributed by atoms with Crippen molar-refractivity contribution in [1.29, 1.82) is 0 Å². The van der Waals surface area contributed by atoms with Crippen LogP contribution in [0.5, 0.6) is 5.75 Å². The second-order valence-electron chi connectivity index (χ2n) is 5.98. The molecule has 0 spiro atoms. The van der Waals surface area contributed by atoms with Crippen molar-refractivity contribution in [2.75, 3.05) is 23.3 Å². The van der Waals surface area contributed by atoms with E-state index in [4.69, 9.17) is 4.74 Å². The zero-order valence-electron chi connectivity index (χ0n) is 15.3. The van der Waals surface area contributed by atoms with Gasteiger partial charge in [0.1, 0.15) is 5.75 Å². The molecule has 0 bridgehead atoms. The number of para-hydroxylation sites is 2. The van der Waals surface area contributed by atoms with Gasteiger partial charge in [-0.2, -0.15) is 0 Å². The summed E-state index contributed by atoms with van der Waals surface area (Å²) in [5.41, 5.74) is 1.06. The van der Waals surface area contributed by atoms with Crippen LogP contribution in [-0.4, -0.2) is 28.0 Å². The van der Waals surface area contributed by atoms with Crippen LogP contribution in [0.1, 0.15) is 0 Å². The normalized spacial score (nSPS) is 10.9. The van der Waals surface area contributed by atoms with E-state index in [0.717, 1.165) is 0 Å². The monoisotopic (exact) mass is 396 g/mol. The van der Waals surface area contributed by atoms with Gasteiger partial charge in [0.25, 0.3) is 15.9 Å². The highest BCUT2D eigenvalue weighted by Crippen LogP contribution is 2.22. The van der Waals surface area contributed by atoms with Crippen LogP contribution >= 0.6 is 0 Å². The van der Waals surface area contributed by atoms with E-state index in [0.29, 0.717) is 17.1 Å². The molecule has 0 aliphatic rings. The number of amides is 1. The minimum absolute atomic E-state index is 0.136. The molecule has 0 aromatic heterocycles. The number of hydrogen-bond donors (Lipinski definition) is 1. The molecule has 144 valence electrons. The highest BCUT2D eigenvalue weighted by molar-refractivity contribution is 7.92. The van der Waals surface area contributed by atoms with Gasteiger partial charge in [-0.15, -0.1) is 0 Å². The average molecular weight is 396 g/mol. The van der Waals surface area contributed by atoms with E-state index in [-0.39, 0.29) is 17.4 Å². The molecule has 0 atom stereocenters. The Morgan fingerprint density at radius 3 is 2.07 bits per heavy atom. The molecule has 1 amide bonds. The summed E-state index contributed by atoms with van der Waals surface area (Å²) in [5.74, 6) is 0.268. The first-order chi connectivity index (χ1) is 13.5. The van der Waals surface area contributed by atoms with E-state index in [1.807, 2.05) is 24.3 Å². The summed E-state index contributed by atoms with van der Waals surface area (Å²) in [6.07, 6.45) is 0. The number of carbonyl (C=O) groups is 1. The van der Waals surface area contributed by atoms with E-state index >= 15 is 0 Å². The summed E-state index contributed by atoms with van der Waals surface area (Å²) in [7, 11) is -2.19. The number of nitrogens with one attached hydrogen (secondary N) is 1. The van der Waals surface area contributed by atoms with E-state index in [1.54, 1.807) is 48.5 Å². The van der Waals surface area contributed by atoms with Crippen molar-refractivity contribution in [2.24, 2.45) is 0 Å². The first-order valence-corrected chi connectivity index (χ1v) is 10.0. The molecular formula is C21H20N2O4S.